The SMILES string of the molecule is Cc1c(Br)ccc(O)c1N1CCOCC1=O. The van der Waals surface area contributed by atoms with Crippen LogP contribution in [0, 0.1) is 6.92 Å². The minimum absolute atomic E-state index is 0.0748. The van der Waals surface area contributed by atoms with E-state index in [9.17, 15) is 9.90 Å². The molecule has 0 aromatic heterocycles. The number of rotatable bonds is 1. The molecule has 5 heteroatoms. The van der Waals surface area contributed by atoms with Gasteiger partial charge in [0.25, 0.3) is 5.91 Å². The number of benzene rings is 1. The Balaban J connectivity index is 2.46. The largest absolute Gasteiger partial charge is 0.506 e. The molecule has 0 atom stereocenters. The number of hydrogen-bond donors (Lipinski definition) is 1. The number of carbonyl (C=O) groups is 1. The topological polar surface area (TPSA) is 49.8 Å². The van der Waals surface area contributed by atoms with Crippen LogP contribution in [-0.2, 0) is 9.53 Å². The molecular formula is C11H12BrNO3. The van der Waals surface area contributed by atoms with Gasteiger partial charge in [-0.05, 0) is 24.6 Å². The maximum Gasteiger partial charge on any atom is 0.253 e. The molecule has 1 heterocycles. The molecule has 1 N–H and O–H groups in total. The number of hydrogen-bond acceptors (Lipinski definition) is 3. The van der Waals surface area contributed by atoms with Crippen LogP contribution in [0.1, 0.15) is 5.56 Å². The minimum atomic E-state index is -0.122. The lowest BCUT2D eigenvalue weighted by Crippen LogP contribution is -2.42. The van der Waals surface area contributed by atoms with Gasteiger partial charge < -0.3 is 14.7 Å². The Hall–Kier alpha value is -1.07. The number of phenolic OH excluding ortho intramolecular Hbond substituents is 1. The van der Waals surface area contributed by atoms with E-state index < -0.39 is 0 Å². The molecule has 0 radical (unpaired) electrons. The maximum atomic E-state index is 11.7. The molecule has 0 aliphatic carbocycles. The van der Waals surface area contributed by atoms with E-state index in [1.807, 2.05) is 6.92 Å². The summed E-state index contributed by atoms with van der Waals surface area (Å²) in [5, 5.41) is 9.83. The standard InChI is InChI=1S/C11H12BrNO3/c1-7-8(12)2-3-9(14)11(7)13-4-5-16-6-10(13)15/h2-3,14H,4-6H2,1H3. The van der Waals surface area contributed by atoms with Crippen molar-refractivity contribution in [2.75, 3.05) is 24.7 Å². The number of morpholine rings is 1. The van der Waals surface area contributed by atoms with Gasteiger partial charge in [-0.15, -0.1) is 0 Å². The minimum Gasteiger partial charge on any atom is -0.506 e. The summed E-state index contributed by atoms with van der Waals surface area (Å²) in [6.07, 6.45) is 0. The molecule has 1 aromatic carbocycles. The molecule has 0 saturated carbocycles. The molecular weight excluding hydrogens is 274 g/mol. The van der Waals surface area contributed by atoms with Crippen LogP contribution in [0.15, 0.2) is 16.6 Å². The van der Waals surface area contributed by atoms with Crippen molar-refractivity contribution in [2.45, 2.75) is 6.92 Å². The van der Waals surface area contributed by atoms with Crippen LogP contribution in [0.2, 0.25) is 0 Å². The molecule has 16 heavy (non-hydrogen) atoms. The van der Waals surface area contributed by atoms with E-state index in [4.69, 9.17) is 4.74 Å². The van der Waals surface area contributed by atoms with Crippen molar-refractivity contribution in [3.05, 3.63) is 22.2 Å². The Kier molecular flexibility index (Phi) is 3.16. The van der Waals surface area contributed by atoms with Crippen molar-refractivity contribution < 1.29 is 14.6 Å². The van der Waals surface area contributed by atoms with E-state index in [-0.39, 0.29) is 18.3 Å². The van der Waals surface area contributed by atoms with Crippen molar-refractivity contribution in [2.24, 2.45) is 0 Å². The van der Waals surface area contributed by atoms with Crippen LogP contribution < -0.4 is 4.90 Å². The van der Waals surface area contributed by atoms with Gasteiger partial charge in [-0.2, -0.15) is 0 Å². The smallest absolute Gasteiger partial charge is 0.253 e. The van der Waals surface area contributed by atoms with Gasteiger partial charge >= 0.3 is 0 Å². The van der Waals surface area contributed by atoms with Gasteiger partial charge in [0.15, 0.2) is 0 Å². The summed E-state index contributed by atoms with van der Waals surface area (Å²) in [4.78, 5) is 13.3. The summed E-state index contributed by atoms with van der Waals surface area (Å²) in [6.45, 7) is 2.91. The molecule has 1 amide bonds. The Morgan fingerprint density at radius 2 is 2.25 bits per heavy atom. The number of nitrogens with zero attached hydrogens (tertiary/aromatic N) is 1. The van der Waals surface area contributed by atoms with Crippen LogP contribution >= 0.6 is 15.9 Å². The third kappa shape index (κ3) is 1.92. The lowest BCUT2D eigenvalue weighted by Gasteiger charge is -2.29. The van der Waals surface area contributed by atoms with Crippen LogP contribution in [0.5, 0.6) is 5.75 Å². The predicted octanol–water partition coefficient (Wildman–Crippen LogP) is 1.83. The van der Waals surface area contributed by atoms with Crippen molar-refractivity contribution in [1.82, 2.24) is 0 Å². The highest BCUT2D eigenvalue weighted by molar-refractivity contribution is 9.10. The summed E-state index contributed by atoms with van der Waals surface area (Å²) in [5.74, 6) is -0.00120. The number of ether oxygens (including phenoxy) is 1. The van der Waals surface area contributed by atoms with Crippen molar-refractivity contribution in [1.29, 1.82) is 0 Å². The Bertz CT molecular complexity index is 433. The third-order valence-electron chi connectivity index (χ3n) is 2.60. The van der Waals surface area contributed by atoms with Crippen LogP contribution in [0.3, 0.4) is 0 Å². The molecule has 1 aromatic rings. The highest BCUT2D eigenvalue weighted by Gasteiger charge is 2.24. The maximum absolute atomic E-state index is 11.7. The Morgan fingerprint density at radius 3 is 2.94 bits per heavy atom. The van der Waals surface area contributed by atoms with Crippen molar-refractivity contribution in [3.8, 4) is 5.75 Å². The number of aromatic hydroxyl groups is 1. The molecule has 0 unspecified atom stereocenters. The van der Waals surface area contributed by atoms with Crippen LogP contribution in [0.25, 0.3) is 0 Å². The molecule has 0 bridgehead atoms. The zero-order valence-electron chi connectivity index (χ0n) is 8.86. The van der Waals surface area contributed by atoms with E-state index >= 15 is 0 Å². The molecule has 1 saturated heterocycles. The van der Waals surface area contributed by atoms with Gasteiger partial charge in [-0.3, -0.25) is 4.79 Å². The first-order chi connectivity index (χ1) is 7.61. The number of halogens is 1. The lowest BCUT2D eigenvalue weighted by molar-refractivity contribution is -0.125. The molecule has 1 aliphatic rings. The molecule has 2 rings (SSSR count). The van der Waals surface area contributed by atoms with E-state index in [0.29, 0.717) is 18.8 Å². The normalized spacial score (nSPS) is 16.6. The lowest BCUT2D eigenvalue weighted by atomic mass is 10.1. The fourth-order valence-electron chi connectivity index (χ4n) is 1.76. The monoisotopic (exact) mass is 285 g/mol. The van der Waals surface area contributed by atoms with E-state index in [0.717, 1.165) is 10.0 Å². The first kappa shape index (κ1) is 11.4. The number of phenols is 1. The molecule has 1 fully saturated rings. The summed E-state index contributed by atoms with van der Waals surface area (Å²) in [7, 11) is 0. The highest BCUT2D eigenvalue weighted by Crippen LogP contribution is 2.36. The average molecular weight is 286 g/mol. The fourth-order valence-corrected chi connectivity index (χ4v) is 2.08. The van der Waals surface area contributed by atoms with Crippen LogP contribution in [0.4, 0.5) is 5.69 Å². The number of amides is 1. The zero-order valence-corrected chi connectivity index (χ0v) is 10.5. The second-order valence-electron chi connectivity index (χ2n) is 3.64. The second kappa shape index (κ2) is 4.43. The van der Waals surface area contributed by atoms with Crippen molar-refractivity contribution in [3.63, 3.8) is 0 Å². The van der Waals surface area contributed by atoms with Gasteiger partial charge in [0.2, 0.25) is 0 Å². The van der Waals surface area contributed by atoms with E-state index in [2.05, 4.69) is 15.9 Å². The van der Waals surface area contributed by atoms with Gasteiger partial charge in [0.05, 0.1) is 12.3 Å². The summed E-state index contributed by atoms with van der Waals surface area (Å²) < 4.78 is 5.93. The quantitative estimate of drug-likeness (QED) is 0.856. The first-order valence-electron chi connectivity index (χ1n) is 4.97. The molecule has 4 nitrogen and oxygen atoms in total. The second-order valence-corrected chi connectivity index (χ2v) is 4.49. The summed E-state index contributed by atoms with van der Waals surface area (Å²) >= 11 is 3.39. The molecule has 0 spiro atoms. The van der Waals surface area contributed by atoms with Gasteiger partial charge in [0.1, 0.15) is 12.4 Å². The summed E-state index contributed by atoms with van der Waals surface area (Å²) in [6, 6.07) is 3.34. The average Bonchev–Trinajstić information content (AvgIpc) is 2.27. The number of anilines is 1. The van der Waals surface area contributed by atoms with Gasteiger partial charge in [-0.25, -0.2) is 0 Å². The third-order valence-corrected chi connectivity index (χ3v) is 3.46. The molecule has 86 valence electrons. The zero-order chi connectivity index (χ0) is 11.7. The van der Waals surface area contributed by atoms with Crippen LogP contribution in [-0.4, -0.2) is 30.8 Å². The van der Waals surface area contributed by atoms with E-state index in [1.54, 1.807) is 17.0 Å². The first-order valence-corrected chi connectivity index (χ1v) is 5.76. The van der Waals surface area contributed by atoms with Gasteiger partial charge in [0, 0.05) is 11.0 Å². The number of carbonyl (C=O) groups excluding carboxylic acids is 1. The Morgan fingerprint density at radius 1 is 1.50 bits per heavy atom. The van der Waals surface area contributed by atoms with Gasteiger partial charge in [-0.1, -0.05) is 15.9 Å². The fraction of sp³-hybridized carbons (Fsp3) is 0.364. The molecule has 1 aliphatic heterocycles. The van der Waals surface area contributed by atoms with Crippen molar-refractivity contribution >= 4 is 27.5 Å². The van der Waals surface area contributed by atoms with E-state index in [1.165, 1.54) is 0 Å². The predicted molar refractivity (Wildman–Crippen MR) is 63.7 cm³/mol. The summed E-state index contributed by atoms with van der Waals surface area (Å²) in [5.41, 5.74) is 1.43. The Labute approximate surface area is 102 Å². The highest BCUT2D eigenvalue weighted by atomic mass is 79.9.